The standard InChI is InChI=1S/C13H21N3O/c1-10(14)8-13(17)15-12-6-4-11(5-7-12)9-16(2)3/h4-7,10H,8-9,14H2,1-3H3,(H,15,17). The van der Waals surface area contributed by atoms with Crippen LogP contribution in [0.4, 0.5) is 5.69 Å². The zero-order valence-corrected chi connectivity index (χ0v) is 10.7. The molecule has 0 radical (unpaired) electrons. The van der Waals surface area contributed by atoms with E-state index in [4.69, 9.17) is 5.73 Å². The number of nitrogens with one attached hydrogen (secondary N) is 1. The smallest absolute Gasteiger partial charge is 0.225 e. The predicted molar refractivity (Wildman–Crippen MR) is 70.7 cm³/mol. The Bertz CT molecular complexity index is 357. The molecule has 4 nitrogen and oxygen atoms in total. The third-order valence-electron chi connectivity index (χ3n) is 2.24. The zero-order chi connectivity index (χ0) is 12.8. The lowest BCUT2D eigenvalue weighted by Gasteiger charge is -2.11. The number of hydrogen-bond donors (Lipinski definition) is 2. The number of rotatable bonds is 5. The normalized spacial score (nSPS) is 12.5. The van der Waals surface area contributed by atoms with Crippen LogP contribution in [-0.4, -0.2) is 30.9 Å². The molecule has 0 aliphatic carbocycles. The predicted octanol–water partition coefficient (Wildman–Crippen LogP) is 1.42. The molecule has 0 fully saturated rings. The summed E-state index contributed by atoms with van der Waals surface area (Å²) in [7, 11) is 4.05. The van der Waals surface area contributed by atoms with Crippen LogP contribution in [0.25, 0.3) is 0 Å². The van der Waals surface area contributed by atoms with Crippen LogP contribution in [0.5, 0.6) is 0 Å². The third-order valence-corrected chi connectivity index (χ3v) is 2.24. The molecule has 0 saturated carbocycles. The van der Waals surface area contributed by atoms with Crippen LogP contribution in [0.15, 0.2) is 24.3 Å². The number of amides is 1. The molecule has 0 saturated heterocycles. The molecule has 0 aliphatic heterocycles. The van der Waals surface area contributed by atoms with Crippen LogP contribution in [0.1, 0.15) is 18.9 Å². The quantitative estimate of drug-likeness (QED) is 0.811. The van der Waals surface area contributed by atoms with E-state index in [1.165, 1.54) is 5.56 Å². The first-order valence-electron chi connectivity index (χ1n) is 5.76. The molecule has 4 heteroatoms. The summed E-state index contributed by atoms with van der Waals surface area (Å²) in [6.07, 6.45) is 0.347. The van der Waals surface area contributed by atoms with E-state index in [0.29, 0.717) is 6.42 Å². The van der Waals surface area contributed by atoms with Crippen LogP contribution in [-0.2, 0) is 11.3 Å². The van der Waals surface area contributed by atoms with Gasteiger partial charge in [0.25, 0.3) is 0 Å². The van der Waals surface area contributed by atoms with Gasteiger partial charge in [0.05, 0.1) is 0 Å². The first-order valence-corrected chi connectivity index (χ1v) is 5.76. The molecule has 94 valence electrons. The maximum absolute atomic E-state index is 11.5. The van der Waals surface area contributed by atoms with Gasteiger partial charge in [-0.05, 0) is 38.7 Å². The number of hydrogen-bond acceptors (Lipinski definition) is 3. The Morgan fingerprint density at radius 2 is 1.94 bits per heavy atom. The maximum atomic E-state index is 11.5. The van der Waals surface area contributed by atoms with Gasteiger partial charge >= 0.3 is 0 Å². The molecular formula is C13H21N3O. The minimum absolute atomic E-state index is 0.0413. The molecular weight excluding hydrogens is 214 g/mol. The van der Waals surface area contributed by atoms with Gasteiger partial charge in [-0.25, -0.2) is 0 Å². The van der Waals surface area contributed by atoms with E-state index in [1.807, 2.05) is 45.3 Å². The zero-order valence-electron chi connectivity index (χ0n) is 10.7. The molecule has 0 spiro atoms. The largest absolute Gasteiger partial charge is 0.327 e. The van der Waals surface area contributed by atoms with E-state index in [9.17, 15) is 4.79 Å². The van der Waals surface area contributed by atoms with E-state index in [-0.39, 0.29) is 11.9 Å². The monoisotopic (exact) mass is 235 g/mol. The molecule has 0 aliphatic rings. The lowest BCUT2D eigenvalue weighted by molar-refractivity contribution is -0.116. The van der Waals surface area contributed by atoms with Gasteiger partial charge in [-0.1, -0.05) is 12.1 Å². The first-order chi connectivity index (χ1) is 7.97. The number of nitrogens with two attached hydrogens (primary N) is 1. The van der Waals surface area contributed by atoms with Crippen molar-refractivity contribution in [3.05, 3.63) is 29.8 Å². The molecule has 0 aromatic heterocycles. The van der Waals surface area contributed by atoms with Gasteiger partial charge in [0, 0.05) is 24.7 Å². The average Bonchev–Trinajstić information content (AvgIpc) is 2.18. The molecule has 1 amide bonds. The minimum atomic E-state index is -0.108. The van der Waals surface area contributed by atoms with E-state index in [0.717, 1.165) is 12.2 Å². The van der Waals surface area contributed by atoms with E-state index < -0.39 is 0 Å². The summed E-state index contributed by atoms with van der Waals surface area (Å²) in [6.45, 7) is 2.72. The Kier molecular flexibility index (Phi) is 5.12. The van der Waals surface area contributed by atoms with Crippen LogP contribution < -0.4 is 11.1 Å². The summed E-state index contributed by atoms with van der Waals surface area (Å²) >= 11 is 0. The van der Waals surface area contributed by atoms with Gasteiger partial charge in [-0.2, -0.15) is 0 Å². The average molecular weight is 235 g/mol. The van der Waals surface area contributed by atoms with Crippen molar-refractivity contribution in [3.8, 4) is 0 Å². The fourth-order valence-corrected chi connectivity index (χ4v) is 1.56. The summed E-state index contributed by atoms with van der Waals surface area (Å²) in [4.78, 5) is 13.6. The van der Waals surface area contributed by atoms with Gasteiger partial charge in [-0.3, -0.25) is 4.79 Å². The summed E-state index contributed by atoms with van der Waals surface area (Å²) in [5, 5.41) is 2.82. The molecule has 17 heavy (non-hydrogen) atoms. The van der Waals surface area contributed by atoms with Gasteiger partial charge in [-0.15, -0.1) is 0 Å². The Hall–Kier alpha value is -1.39. The van der Waals surface area contributed by atoms with E-state index in [1.54, 1.807) is 0 Å². The van der Waals surface area contributed by atoms with Crippen molar-refractivity contribution in [3.63, 3.8) is 0 Å². The molecule has 1 atom stereocenters. The molecule has 1 aromatic rings. The van der Waals surface area contributed by atoms with Crippen LogP contribution in [0.3, 0.4) is 0 Å². The van der Waals surface area contributed by atoms with Crippen molar-refractivity contribution in [1.82, 2.24) is 4.90 Å². The third kappa shape index (κ3) is 5.47. The second-order valence-corrected chi connectivity index (χ2v) is 4.66. The van der Waals surface area contributed by atoms with Gasteiger partial charge in [0.2, 0.25) is 5.91 Å². The number of carbonyl (C=O) groups is 1. The van der Waals surface area contributed by atoms with Crippen LogP contribution >= 0.6 is 0 Å². The number of anilines is 1. The summed E-state index contributed by atoms with van der Waals surface area (Å²) in [5.41, 5.74) is 7.60. The molecule has 0 bridgehead atoms. The highest BCUT2D eigenvalue weighted by Crippen LogP contribution is 2.11. The molecule has 1 aromatic carbocycles. The highest BCUT2D eigenvalue weighted by atomic mass is 16.1. The summed E-state index contributed by atoms with van der Waals surface area (Å²) < 4.78 is 0. The molecule has 1 rings (SSSR count). The topological polar surface area (TPSA) is 58.4 Å². The Morgan fingerprint density at radius 3 is 2.41 bits per heavy atom. The van der Waals surface area contributed by atoms with Gasteiger partial charge < -0.3 is 16.0 Å². The number of benzene rings is 1. The fourth-order valence-electron chi connectivity index (χ4n) is 1.56. The van der Waals surface area contributed by atoms with Crippen LogP contribution in [0.2, 0.25) is 0 Å². The lowest BCUT2D eigenvalue weighted by Crippen LogP contribution is -2.23. The highest BCUT2D eigenvalue weighted by Gasteiger charge is 2.05. The lowest BCUT2D eigenvalue weighted by atomic mass is 10.2. The fraction of sp³-hybridized carbons (Fsp3) is 0.462. The van der Waals surface area contributed by atoms with E-state index >= 15 is 0 Å². The second-order valence-electron chi connectivity index (χ2n) is 4.66. The number of carbonyl (C=O) groups excluding carboxylic acids is 1. The SMILES string of the molecule is CC(N)CC(=O)Nc1ccc(CN(C)C)cc1. The first kappa shape index (κ1) is 13.7. The van der Waals surface area contributed by atoms with Crippen molar-refractivity contribution >= 4 is 11.6 Å². The van der Waals surface area contributed by atoms with E-state index in [2.05, 4.69) is 10.2 Å². The van der Waals surface area contributed by atoms with Gasteiger partial charge in [0.15, 0.2) is 0 Å². The molecule has 3 N–H and O–H groups in total. The van der Waals surface area contributed by atoms with Gasteiger partial charge in [0.1, 0.15) is 0 Å². The summed E-state index contributed by atoms with van der Waals surface area (Å²) in [5.74, 6) is -0.0413. The van der Waals surface area contributed by atoms with Crippen molar-refractivity contribution in [2.75, 3.05) is 19.4 Å². The second kappa shape index (κ2) is 6.37. The van der Waals surface area contributed by atoms with Crippen LogP contribution in [0, 0.1) is 0 Å². The van der Waals surface area contributed by atoms with Crippen molar-refractivity contribution in [2.45, 2.75) is 25.9 Å². The Balaban J connectivity index is 2.53. The van der Waals surface area contributed by atoms with Crippen molar-refractivity contribution in [1.29, 1.82) is 0 Å². The Morgan fingerprint density at radius 1 is 1.35 bits per heavy atom. The summed E-state index contributed by atoms with van der Waals surface area (Å²) in [6, 6.07) is 7.75. The Labute approximate surface area is 103 Å². The van der Waals surface area contributed by atoms with Crippen molar-refractivity contribution < 1.29 is 4.79 Å². The maximum Gasteiger partial charge on any atom is 0.225 e. The molecule has 1 unspecified atom stereocenters. The number of nitrogens with zero attached hydrogens (tertiary/aromatic N) is 1. The highest BCUT2D eigenvalue weighted by molar-refractivity contribution is 5.91. The molecule has 0 heterocycles. The van der Waals surface area contributed by atoms with Crippen molar-refractivity contribution in [2.24, 2.45) is 5.73 Å². The minimum Gasteiger partial charge on any atom is -0.327 e.